The molecule has 1 aliphatic carbocycles. The van der Waals surface area contributed by atoms with Crippen LogP contribution in [-0.4, -0.2) is 4.87 Å². The van der Waals surface area contributed by atoms with Crippen molar-refractivity contribution in [3.63, 3.8) is 0 Å². The molecule has 0 aromatic carbocycles. The molecule has 6 heavy (non-hydrogen) atoms. The molecule has 0 unspecified atom stereocenters. The fourth-order valence-corrected chi connectivity index (χ4v) is 0.584. The van der Waals surface area contributed by atoms with Gasteiger partial charge in [0.2, 0.25) is 0 Å². The third-order valence-electron chi connectivity index (χ3n) is 1.43. The van der Waals surface area contributed by atoms with Crippen molar-refractivity contribution in [2.45, 2.75) is 31.1 Å². The van der Waals surface area contributed by atoms with Crippen LogP contribution < -0.4 is 0 Å². The second kappa shape index (κ2) is 1.13. The van der Waals surface area contributed by atoms with Crippen molar-refractivity contribution >= 4 is 11.6 Å². The van der Waals surface area contributed by atoms with E-state index in [-0.39, 0.29) is 4.87 Å². The van der Waals surface area contributed by atoms with E-state index in [0.717, 1.165) is 6.42 Å². The first-order chi connectivity index (χ1) is 2.77. The molecule has 0 atom stereocenters. The van der Waals surface area contributed by atoms with E-state index in [9.17, 15) is 0 Å². The third kappa shape index (κ3) is 0.676. The summed E-state index contributed by atoms with van der Waals surface area (Å²) in [6.07, 6.45) is 3.63. The highest BCUT2D eigenvalue weighted by molar-refractivity contribution is 6.25. The lowest BCUT2D eigenvalue weighted by Crippen LogP contribution is -1.89. The van der Waals surface area contributed by atoms with Crippen molar-refractivity contribution < 1.29 is 0 Å². The Kier molecular flexibility index (Phi) is 0.836. The molecule has 1 fully saturated rings. The van der Waals surface area contributed by atoms with Crippen molar-refractivity contribution in [1.82, 2.24) is 0 Å². The Morgan fingerprint density at radius 1 is 1.67 bits per heavy atom. The summed E-state index contributed by atoms with van der Waals surface area (Å²) >= 11 is 5.83. The monoisotopic (exact) mass is 104 g/mol. The van der Waals surface area contributed by atoms with E-state index in [1.807, 2.05) is 0 Å². The fraction of sp³-hybridized carbons (Fsp3) is 1.00. The van der Waals surface area contributed by atoms with Crippen LogP contribution in [0, 0.1) is 0 Å². The van der Waals surface area contributed by atoms with Gasteiger partial charge in [-0.3, -0.25) is 0 Å². The lowest BCUT2D eigenvalue weighted by Gasteiger charge is -1.93. The first-order valence-corrected chi connectivity index (χ1v) is 2.83. The van der Waals surface area contributed by atoms with Gasteiger partial charge in [-0.15, -0.1) is 11.6 Å². The highest BCUT2D eigenvalue weighted by Crippen LogP contribution is 2.44. The molecule has 1 rings (SSSR count). The molecular weight excluding hydrogens is 95.5 g/mol. The van der Waals surface area contributed by atoms with Crippen LogP contribution in [-0.2, 0) is 0 Å². The number of hydrogen-bond donors (Lipinski definition) is 0. The van der Waals surface area contributed by atoms with Crippen molar-refractivity contribution in [1.29, 1.82) is 0 Å². The molecular formula is C5H9Cl. The van der Waals surface area contributed by atoms with Crippen LogP contribution >= 0.6 is 11.6 Å². The van der Waals surface area contributed by atoms with Gasteiger partial charge >= 0.3 is 0 Å². The molecule has 0 amide bonds. The number of rotatable bonds is 1. The maximum Gasteiger partial charge on any atom is 0.0445 e. The molecule has 0 saturated heterocycles. The summed E-state index contributed by atoms with van der Waals surface area (Å²) < 4.78 is 0. The zero-order chi connectivity index (χ0) is 4.62. The highest BCUT2D eigenvalue weighted by atomic mass is 35.5. The minimum atomic E-state index is 0.264. The molecule has 0 radical (unpaired) electrons. The molecule has 0 bridgehead atoms. The molecule has 0 aromatic rings. The number of alkyl halides is 1. The molecule has 0 spiro atoms. The minimum absolute atomic E-state index is 0.264. The Labute approximate surface area is 43.5 Å². The van der Waals surface area contributed by atoms with Gasteiger partial charge in [-0.05, 0) is 19.3 Å². The Morgan fingerprint density at radius 2 is 2.17 bits per heavy atom. The van der Waals surface area contributed by atoms with E-state index in [0.29, 0.717) is 0 Å². The van der Waals surface area contributed by atoms with Gasteiger partial charge in [-0.25, -0.2) is 0 Å². The van der Waals surface area contributed by atoms with E-state index in [1.165, 1.54) is 12.8 Å². The van der Waals surface area contributed by atoms with Crippen LogP contribution in [0.3, 0.4) is 0 Å². The van der Waals surface area contributed by atoms with Crippen molar-refractivity contribution in [3.05, 3.63) is 0 Å². The van der Waals surface area contributed by atoms with Gasteiger partial charge in [0, 0.05) is 4.87 Å². The summed E-state index contributed by atoms with van der Waals surface area (Å²) in [5.41, 5.74) is 0. The average Bonchev–Trinajstić information content (AvgIpc) is 2.22. The van der Waals surface area contributed by atoms with E-state index in [4.69, 9.17) is 11.6 Å². The Hall–Kier alpha value is 0.290. The van der Waals surface area contributed by atoms with Gasteiger partial charge in [-0.1, -0.05) is 6.92 Å². The summed E-state index contributed by atoms with van der Waals surface area (Å²) in [6, 6.07) is 0. The molecule has 0 heterocycles. The van der Waals surface area contributed by atoms with Gasteiger partial charge in [-0.2, -0.15) is 0 Å². The summed E-state index contributed by atoms with van der Waals surface area (Å²) in [5, 5.41) is 0. The molecule has 36 valence electrons. The van der Waals surface area contributed by atoms with Crippen molar-refractivity contribution in [2.75, 3.05) is 0 Å². The summed E-state index contributed by atoms with van der Waals surface area (Å²) in [4.78, 5) is 0.264. The average molecular weight is 105 g/mol. The zero-order valence-electron chi connectivity index (χ0n) is 4.00. The minimum Gasteiger partial charge on any atom is -0.119 e. The predicted octanol–water partition coefficient (Wildman–Crippen LogP) is 2.17. The topological polar surface area (TPSA) is 0 Å². The standard InChI is InChI=1S/C5H9Cl/c1-2-5(6)3-4-5/h2-4H2,1H3. The van der Waals surface area contributed by atoms with Crippen LogP contribution in [0.15, 0.2) is 0 Å². The van der Waals surface area contributed by atoms with Gasteiger partial charge in [0.1, 0.15) is 0 Å². The zero-order valence-corrected chi connectivity index (χ0v) is 4.76. The SMILES string of the molecule is CCC1(Cl)CC1. The van der Waals surface area contributed by atoms with Gasteiger partial charge in [0.25, 0.3) is 0 Å². The smallest absolute Gasteiger partial charge is 0.0445 e. The predicted molar refractivity (Wildman–Crippen MR) is 28.1 cm³/mol. The van der Waals surface area contributed by atoms with Crippen molar-refractivity contribution in [2.24, 2.45) is 0 Å². The number of hydrogen-bond acceptors (Lipinski definition) is 0. The Morgan fingerprint density at radius 3 is 2.17 bits per heavy atom. The fourth-order valence-electron chi connectivity index (χ4n) is 0.489. The third-order valence-corrected chi connectivity index (χ3v) is 2.07. The lowest BCUT2D eigenvalue weighted by molar-refractivity contribution is 0.840. The van der Waals surface area contributed by atoms with Crippen LogP contribution in [0.2, 0.25) is 0 Å². The van der Waals surface area contributed by atoms with E-state index in [2.05, 4.69) is 6.92 Å². The number of halogens is 1. The Balaban J connectivity index is 2.28. The normalized spacial score (nSPS) is 27.0. The molecule has 0 nitrogen and oxygen atoms in total. The molecule has 1 saturated carbocycles. The van der Waals surface area contributed by atoms with Gasteiger partial charge in [0.15, 0.2) is 0 Å². The summed E-state index contributed by atoms with van der Waals surface area (Å²) in [7, 11) is 0. The van der Waals surface area contributed by atoms with E-state index >= 15 is 0 Å². The molecule has 1 aliphatic rings. The Bertz CT molecular complexity index is 55.0. The van der Waals surface area contributed by atoms with Crippen LogP contribution in [0.4, 0.5) is 0 Å². The molecule has 0 aliphatic heterocycles. The molecule has 0 aromatic heterocycles. The summed E-state index contributed by atoms with van der Waals surface area (Å²) in [5.74, 6) is 0. The maximum absolute atomic E-state index is 5.83. The highest BCUT2D eigenvalue weighted by Gasteiger charge is 2.37. The largest absolute Gasteiger partial charge is 0.119 e. The van der Waals surface area contributed by atoms with Gasteiger partial charge < -0.3 is 0 Å². The van der Waals surface area contributed by atoms with Gasteiger partial charge in [0.05, 0.1) is 0 Å². The van der Waals surface area contributed by atoms with E-state index < -0.39 is 0 Å². The van der Waals surface area contributed by atoms with E-state index in [1.54, 1.807) is 0 Å². The van der Waals surface area contributed by atoms with Crippen LogP contribution in [0.1, 0.15) is 26.2 Å². The molecule has 0 N–H and O–H groups in total. The maximum atomic E-state index is 5.83. The van der Waals surface area contributed by atoms with Crippen molar-refractivity contribution in [3.8, 4) is 0 Å². The van der Waals surface area contributed by atoms with Crippen LogP contribution in [0.25, 0.3) is 0 Å². The first kappa shape index (κ1) is 4.45. The quantitative estimate of drug-likeness (QED) is 0.448. The van der Waals surface area contributed by atoms with Crippen LogP contribution in [0.5, 0.6) is 0 Å². The second-order valence-corrected chi connectivity index (χ2v) is 2.81. The first-order valence-electron chi connectivity index (χ1n) is 2.46. The summed E-state index contributed by atoms with van der Waals surface area (Å²) in [6.45, 7) is 2.14. The second-order valence-electron chi connectivity index (χ2n) is 2.00. The lowest BCUT2D eigenvalue weighted by atomic mass is 10.3. The molecule has 1 heteroatoms.